The minimum absolute atomic E-state index is 0.0278. The van der Waals surface area contributed by atoms with E-state index in [1.165, 1.54) is 0 Å². The van der Waals surface area contributed by atoms with E-state index in [4.69, 9.17) is 12.2 Å². The van der Waals surface area contributed by atoms with Gasteiger partial charge >= 0.3 is 6.03 Å². The van der Waals surface area contributed by atoms with Crippen molar-refractivity contribution in [1.82, 2.24) is 20.4 Å². The molecule has 0 aromatic rings. The predicted octanol–water partition coefficient (Wildman–Crippen LogP) is 0.282. The van der Waals surface area contributed by atoms with Gasteiger partial charge in [0.15, 0.2) is 5.11 Å². The number of nitrogens with one attached hydrogen (secondary N) is 2. The summed E-state index contributed by atoms with van der Waals surface area (Å²) in [6.45, 7) is 6.05. The third-order valence-electron chi connectivity index (χ3n) is 2.78. The minimum atomic E-state index is -0.209. The van der Waals surface area contributed by atoms with Gasteiger partial charge in [-0.3, -0.25) is 4.90 Å². The summed E-state index contributed by atoms with van der Waals surface area (Å²) in [5, 5.41) is 6.81. The Labute approximate surface area is 94.8 Å². The normalized spacial score (nSPS) is 30.4. The maximum absolute atomic E-state index is 12.0. The molecular weight excluding hydrogens is 212 g/mol. The Hall–Kier alpha value is -1.04. The van der Waals surface area contributed by atoms with Gasteiger partial charge in [0, 0.05) is 12.6 Å². The highest BCUT2D eigenvalue weighted by Crippen LogP contribution is 2.28. The Morgan fingerprint density at radius 3 is 2.33 bits per heavy atom. The molecule has 15 heavy (non-hydrogen) atoms. The maximum atomic E-state index is 12.0. The number of hydrogen-bond donors (Lipinski definition) is 2. The number of likely N-dealkylation sites (N-methyl/N-ethyl adjacent to an activating group) is 1. The number of fused-ring (bicyclic) bond motifs is 1. The number of hydrogen-bond acceptors (Lipinski definition) is 2. The molecule has 2 aliphatic rings. The molecule has 2 rings (SSSR count). The molecule has 2 saturated heterocycles. The first kappa shape index (κ1) is 10.5. The van der Waals surface area contributed by atoms with Crippen LogP contribution in [0.4, 0.5) is 4.79 Å². The highest BCUT2D eigenvalue weighted by atomic mass is 32.1. The second kappa shape index (κ2) is 2.98. The molecule has 2 amide bonds. The standard InChI is InChI=1S/C9H16N4OS/c1-9(2,3)13-6-5(10-7(15)11-6)12(4)8(13)14/h5-6H,1-4H3,(H2,10,11,15). The van der Waals surface area contributed by atoms with E-state index in [0.29, 0.717) is 5.11 Å². The fraction of sp³-hybridized carbons (Fsp3) is 0.778. The monoisotopic (exact) mass is 228 g/mol. The molecule has 2 heterocycles. The number of thiocarbonyl (C=S) groups is 1. The summed E-state index contributed by atoms with van der Waals surface area (Å²) in [5.74, 6) is 0. The van der Waals surface area contributed by atoms with Gasteiger partial charge in [0.2, 0.25) is 0 Å². The molecule has 0 aromatic carbocycles. The molecule has 2 aliphatic heterocycles. The van der Waals surface area contributed by atoms with Crippen LogP contribution in [0, 0.1) is 0 Å². The Kier molecular flexibility index (Phi) is 2.08. The molecule has 2 N–H and O–H groups in total. The minimum Gasteiger partial charge on any atom is -0.339 e. The fourth-order valence-corrected chi connectivity index (χ4v) is 2.34. The summed E-state index contributed by atoms with van der Waals surface area (Å²) < 4.78 is 0. The van der Waals surface area contributed by atoms with Crippen molar-refractivity contribution >= 4 is 23.4 Å². The summed E-state index contributed by atoms with van der Waals surface area (Å²) in [6.07, 6.45) is -0.112. The van der Waals surface area contributed by atoms with Crippen LogP contribution in [-0.2, 0) is 0 Å². The zero-order valence-electron chi connectivity index (χ0n) is 9.37. The SMILES string of the molecule is CN1C(=O)N(C(C)(C)C)C2NC(=S)NC21. The summed E-state index contributed by atoms with van der Waals surface area (Å²) in [7, 11) is 1.79. The second-order valence-electron chi connectivity index (χ2n) is 4.94. The summed E-state index contributed by atoms with van der Waals surface area (Å²) in [4.78, 5) is 15.5. The van der Waals surface area contributed by atoms with E-state index in [9.17, 15) is 4.79 Å². The van der Waals surface area contributed by atoms with Crippen LogP contribution in [0.25, 0.3) is 0 Å². The largest absolute Gasteiger partial charge is 0.339 e. The van der Waals surface area contributed by atoms with E-state index in [1.807, 2.05) is 25.7 Å². The van der Waals surface area contributed by atoms with Crippen molar-refractivity contribution < 1.29 is 4.79 Å². The number of rotatable bonds is 0. The molecule has 84 valence electrons. The van der Waals surface area contributed by atoms with E-state index in [0.717, 1.165) is 0 Å². The molecule has 6 heteroatoms. The zero-order chi connectivity index (χ0) is 11.4. The van der Waals surface area contributed by atoms with Crippen LogP contribution in [0.1, 0.15) is 20.8 Å². The fourth-order valence-electron chi connectivity index (χ4n) is 2.09. The van der Waals surface area contributed by atoms with E-state index in [-0.39, 0.29) is 23.9 Å². The van der Waals surface area contributed by atoms with Gasteiger partial charge in [0.1, 0.15) is 12.3 Å². The summed E-state index contributed by atoms with van der Waals surface area (Å²) in [5.41, 5.74) is -0.209. The van der Waals surface area contributed by atoms with Crippen molar-refractivity contribution in [2.24, 2.45) is 0 Å². The third-order valence-corrected chi connectivity index (χ3v) is 3.02. The van der Waals surface area contributed by atoms with Crippen LogP contribution in [-0.4, -0.2) is 45.9 Å². The van der Waals surface area contributed by atoms with Crippen LogP contribution in [0.15, 0.2) is 0 Å². The number of urea groups is 1. The van der Waals surface area contributed by atoms with Crippen LogP contribution >= 0.6 is 12.2 Å². The van der Waals surface area contributed by atoms with Gasteiger partial charge < -0.3 is 15.5 Å². The third kappa shape index (κ3) is 1.43. The van der Waals surface area contributed by atoms with Gasteiger partial charge in [-0.2, -0.15) is 0 Å². The summed E-state index contributed by atoms with van der Waals surface area (Å²) in [6, 6.07) is 0.0278. The first-order valence-corrected chi connectivity index (χ1v) is 5.36. The van der Waals surface area contributed by atoms with E-state index in [1.54, 1.807) is 11.9 Å². The van der Waals surface area contributed by atoms with Crippen molar-refractivity contribution in [2.45, 2.75) is 38.6 Å². The van der Waals surface area contributed by atoms with Crippen molar-refractivity contribution in [3.05, 3.63) is 0 Å². The zero-order valence-corrected chi connectivity index (χ0v) is 10.2. The van der Waals surface area contributed by atoms with Crippen LogP contribution in [0.3, 0.4) is 0 Å². The molecule has 0 saturated carbocycles. The van der Waals surface area contributed by atoms with Gasteiger partial charge in [-0.15, -0.1) is 0 Å². The summed E-state index contributed by atoms with van der Waals surface area (Å²) >= 11 is 5.05. The lowest BCUT2D eigenvalue weighted by Gasteiger charge is -2.34. The molecule has 0 spiro atoms. The average molecular weight is 228 g/mol. The molecule has 0 aliphatic carbocycles. The number of nitrogens with zero attached hydrogens (tertiary/aromatic N) is 2. The lowest BCUT2D eigenvalue weighted by atomic mass is 10.1. The molecule has 2 atom stereocenters. The Morgan fingerprint density at radius 2 is 1.80 bits per heavy atom. The number of carbonyl (C=O) groups is 1. The Balaban J connectivity index is 2.32. The van der Waals surface area contributed by atoms with Crippen LogP contribution in [0.5, 0.6) is 0 Å². The van der Waals surface area contributed by atoms with Crippen molar-refractivity contribution in [3.8, 4) is 0 Å². The number of carbonyl (C=O) groups excluding carboxylic acids is 1. The first-order chi connectivity index (χ1) is 6.82. The van der Waals surface area contributed by atoms with Gasteiger partial charge in [-0.1, -0.05) is 0 Å². The van der Waals surface area contributed by atoms with Gasteiger partial charge in [0.05, 0.1) is 0 Å². The Bertz CT molecular complexity index is 325. The molecule has 2 fully saturated rings. The molecule has 0 bridgehead atoms. The van der Waals surface area contributed by atoms with Crippen molar-refractivity contribution in [1.29, 1.82) is 0 Å². The van der Waals surface area contributed by atoms with Crippen molar-refractivity contribution in [2.75, 3.05) is 7.05 Å². The predicted molar refractivity (Wildman–Crippen MR) is 61.2 cm³/mol. The maximum Gasteiger partial charge on any atom is 0.323 e. The number of amides is 2. The lowest BCUT2D eigenvalue weighted by molar-refractivity contribution is 0.130. The van der Waals surface area contributed by atoms with Gasteiger partial charge in [0.25, 0.3) is 0 Å². The lowest BCUT2D eigenvalue weighted by Crippen LogP contribution is -2.52. The van der Waals surface area contributed by atoms with Gasteiger partial charge in [-0.05, 0) is 33.0 Å². The molecule has 0 radical (unpaired) electrons. The Morgan fingerprint density at radius 1 is 1.27 bits per heavy atom. The topological polar surface area (TPSA) is 47.6 Å². The van der Waals surface area contributed by atoms with Crippen LogP contribution < -0.4 is 10.6 Å². The van der Waals surface area contributed by atoms with E-state index in [2.05, 4.69) is 10.6 Å². The van der Waals surface area contributed by atoms with Crippen LogP contribution in [0.2, 0.25) is 0 Å². The van der Waals surface area contributed by atoms with E-state index >= 15 is 0 Å². The molecule has 5 nitrogen and oxygen atoms in total. The second-order valence-corrected chi connectivity index (χ2v) is 5.35. The highest BCUT2D eigenvalue weighted by Gasteiger charge is 2.51. The molecular formula is C9H16N4OS. The van der Waals surface area contributed by atoms with Crippen molar-refractivity contribution in [3.63, 3.8) is 0 Å². The molecule has 0 aromatic heterocycles. The molecule has 2 unspecified atom stereocenters. The quantitative estimate of drug-likeness (QED) is 0.585. The first-order valence-electron chi connectivity index (χ1n) is 4.95. The van der Waals surface area contributed by atoms with E-state index < -0.39 is 0 Å². The van der Waals surface area contributed by atoms with Gasteiger partial charge in [-0.25, -0.2) is 4.79 Å². The average Bonchev–Trinajstić information content (AvgIpc) is 2.51. The smallest absolute Gasteiger partial charge is 0.323 e. The highest BCUT2D eigenvalue weighted by molar-refractivity contribution is 7.80.